The Labute approximate surface area is 109 Å². The molecule has 0 aliphatic heterocycles. The smallest absolute Gasteiger partial charge is 0.146 e. The molecule has 0 saturated heterocycles. The van der Waals surface area contributed by atoms with Gasteiger partial charge in [0.1, 0.15) is 5.82 Å². The topological polar surface area (TPSA) is 29.3 Å². The minimum atomic E-state index is -0.102. The van der Waals surface area contributed by atoms with Crippen molar-refractivity contribution in [2.24, 2.45) is 5.73 Å². The maximum Gasteiger partial charge on any atom is 0.146 e. The highest BCUT2D eigenvalue weighted by Gasteiger charge is 2.23. The summed E-state index contributed by atoms with van der Waals surface area (Å²) in [5, 5.41) is 0. The van der Waals surface area contributed by atoms with Crippen LogP contribution in [0.1, 0.15) is 38.2 Å². The fourth-order valence-corrected chi connectivity index (χ4v) is 2.95. The minimum absolute atomic E-state index is 0.102. The van der Waals surface area contributed by atoms with E-state index in [0.29, 0.717) is 12.6 Å². The molecule has 2 N–H and O–H groups in total. The first kappa shape index (κ1) is 13.3. The second kappa shape index (κ2) is 6.19. The van der Waals surface area contributed by atoms with E-state index < -0.39 is 0 Å². The van der Waals surface area contributed by atoms with Crippen LogP contribution in [0.25, 0.3) is 0 Å². The van der Waals surface area contributed by atoms with Gasteiger partial charge in [0.05, 0.1) is 5.69 Å². The van der Waals surface area contributed by atoms with Crippen molar-refractivity contribution in [2.75, 3.05) is 18.0 Å². The molecule has 1 aromatic carbocycles. The monoisotopic (exact) mass is 250 g/mol. The normalized spacial score (nSPS) is 16.2. The molecule has 2 rings (SSSR count). The molecule has 0 amide bonds. The first-order chi connectivity index (χ1) is 8.76. The number of hydrogen-bond acceptors (Lipinski definition) is 2. The van der Waals surface area contributed by atoms with Crippen molar-refractivity contribution in [3.05, 3.63) is 29.6 Å². The molecule has 0 bridgehead atoms. The molecule has 1 fully saturated rings. The number of nitrogens with zero attached hydrogens (tertiary/aromatic N) is 1. The lowest BCUT2D eigenvalue weighted by molar-refractivity contribution is 0.577. The van der Waals surface area contributed by atoms with Gasteiger partial charge in [-0.05, 0) is 50.4 Å². The molecule has 0 heterocycles. The van der Waals surface area contributed by atoms with Crippen molar-refractivity contribution in [1.82, 2.24) is 0 Å². The Morgan fingerprint density at radius 1 is 1.33 bits per heavy atom. The standard InChI is InChI=1S/C15H23FN2/c1-2-18(13-5-3-4-6-13)15-8-7-12(9-10-17)11-14(15)16/h7-8,11,13H,2-6,9-10,17H2,1H3. The van der Waals surface area contributed by atoms with E-state index in [9.17, 15) is 4.39 Å². The van der Waals surface area contributed by atoms with Gasteiger partial charge in [0.25, 0.3) is 0 Å². The number of benzene rings is 1. The van der Waals surface area contributed by atoms with Gasteiger partial charge in [0.2, 0.25) is 0 Å². The molecule has 0 aromatic heterocycles. The van der Waals surface area contributed by atoms with Crippen molar-refractivity contribution in [3.63, 3.8) is 0 Å². The van der Waals surface area contributed by atoms with Gasteiger partial charge in [-0.2, -0.15) is 0 Å². The lowest BCUT2D eigenvalue weighted by Gasteiger charge is -2.30. The van der Waals surface area contributed by atoms with Crippen LogP contribution in [0.2, 0.25) is 0 Å². The van der Waals surface area contributed by atoms with Crippen LogP contribution in [-0.2, 0) is 6.42 Å². The molecule has 0 spiro atoms. The van der Waals surface area contributed by atoms with E-state index in [1.165, 1.54) is 25.7 Å². The summed E-state index contributed by atoms with van der Waals surface area (Å²) >= 11 is 0. The van der Waals surface area contributed by atoms with Gasteiger partial charge in [-0.15, -0.1) is 0 Å². The zero-order valence-electron chi connectivity index (χ0n) is 11.2. The van der Waals surface area contributed by atoms with E-state index in [1.54, 1.807) is 6.07 Å². The van der Waals surface area contributed by atoms with Crippen LogP contribution < -0.4 is 10.6 Å². The predicted octanol–water partition coefficient (Wildman–Crippen LogP) is 3.10. The third-order valence-corrected chi connectivity index (χ3v) is 3.86. The number of rotatable bonds is 5. The van der Waals surface area contributed by atoms with E-state index in [4.69, 9.17) is 5.73 Å². The summed E-state index contributed by atoms with van der Waals surface area (Å²) in [6.45, 7) is 3.54. The van der Waals surface area contributed by atoms with Crippen LogP contribution in [0.3, 0.4) is 0 Å². The molecule has 18 heavy (non-hydrogen) atoms. The summed E-state index contributed by atoms with van der Waals surface area (Å²) in [7, 11) is 0. The van der Waals surface area contributed by atoms with Gasteiger partial charge in [0.15, 0.2) is 0 Å². The summed E-state index contributed by atoms with van der Waals surface area (Å²) in [6.07, 6.45) is 5.67. The maximum atomic E-state index is 14.2. The van der Waals surface area contributed by atoms with E-state index in [1.807, 2.05) is 12.1 Å². The lowest BCUT2D eigenvalue weighted by atomic mass is 10.1. The first-order valence-electron chi connectivity index (χ1n) is 7.01. The van der Waals surface area contributed by atoms with Gasteiger partial charge in [-0.3, -0.25) is 0 Å². The second-order valence-electron chi connectivity index (χ2n) is 5.05. The van der Waals surface area contributed by atoms with Gasteiger partial charge >= 0.3 is 0 Å². The maximum absolute atomic E-state index is 14.2. The first-order valence-corrected chi connectivity index (χ1v) is 7.01. The SMILES string of the molecule is CCN(c1ccc(CCN)cc1F)C1CCCC1. The van der Waals surface area contributed by atoms with Crippen LogP contribution in [0, 0.1) is 5.82 Å². The molecule has 1 aliphatic rings. The lowest BCUT2D eigenvalue weighted by Crippen LogP contribution is -2.33. The Hall–Kier alpha value is -1.09. The van der Waals surface area contributed by atoms with Gasteiger partial charge < -0.3 is 10.6 Å². The van der Waals surface area contributed by atoms with Crippen molar-refractivity contribution in [2.45, 2.75) is 45.1 Å². The number of nitrogens with two attached hydrogens (primary N) is 1. The van der Waals surface area contributed by atoms with E-state index in [0.717, 1.165) is 24.2 Å². The summed E-state index contributed by atoms with van der Waals surface area (Å²) in [6, 6.07) is 6.08. The third kappa shape index (κ3) is 2.83. The number of hydrogen-bond donors (Lipinski definition) is 1. The fraction of sp³-hybridized carbons (Fsp3) is 0.600. The molecule has 1 aliphatic carbocycles. The Balaban J connectivity index is 2.19. The molecule has 0 atom stereocenters. The summed E-state index contributed by atoms with van der Waals surface area (Å²) in [5.74, 6) is -0.102. The molecule has 3 heteroatoms. The van der Waals surface area contributed by atoms with Crippen LogP contribution in [-0.4, -0.2) is 19.1 Å². The molecule has 100 valence electrons. The van der Waals surface area contributed by atoms with E-state index in [2.05, 4.69) is 11.8 Å². The zero-order chi connectivity index (χ0) is 13.0. The Kier molecular flexibility index (Phi) is 4.59. The highest BCUT2D eigenvalue weighted by Crippen LogP contribution is 2.30. The van der Waals surface area contributed by atoms with Crippen molar-refractivity contribution >= 4 is 5.69 Å². The van der Waals surface area contributed by atoms with Gasteiger partial charge in [0, 0.05) is 12.6 Å². The van der Waals surface area contributed by atoms with Gasteiger partial charge in [-0.1, -0.05) is 18.9 Å². The zero-order valence-corrected chi connectivity index (χ0v) is 11.2. The van der Waals surface area contributed by atoms with Crippen LogP contribution >= 0.6 is 0 Å². The molecular weight excluding hydrogens is 227 g/mol. The Bertz CT molecular complexity index is 386. The largest absolute Gasteiger partial charge is 0.366 e. The molecule has 2 nitrogen and oxygen atoms in total. The highest BCUT2D eigenvalue weighted by atomic mass is 19.1. The number of halogens is 1. The van der Waals surface area contributed by atoms with Crippen molar-refractivity contribution in [1.29, 1.82) is 0 Å². The summed E-state index contributed by atoms with van der Waals surface area (Å²) < 4.78 is 14.2. The molecule has 1 saturated carbocycles. The Morgan fingerprint density at radius 3 is 2.61 bits per heavy atom. The predicted molar refractivity (Wildman–Crippen MR) is 74.4 cm³/mol. The van der Waals surface area contributed by atoms with Crippen LogP contribution in [0.4, 0.5) is 10.1 Å². The average Bonchev–Trinajstić information content (AvgIpc) is 2.87. The minimum Gasteiger partial charge on any atom is -0.366 e. The third-order valence-electron chi connectivity index (χ3n) is 3.86. The fourth-order valence-electron chi connectivity index (χ4n) is 2.95. The highest BCUT2D eigenvalue weighted by molar-refractivity contribution is 5.50. The summed E-state index contributed by atoms with van der Waals surface area (Å²) in [5.41, 5.74) is 7.24. The van der Waals surface area contributed by atoms with E-state index in [-0.39, 0.29) is 5.82 Å². The Morgan fingerprint density at radius 2 is 2.06 bits per heavy atom. The number of anilines is 1. The molecule has 1 aromatic rings. The van der Waals surface area contributed by atoms with Crippen LogP contribution in [0.15, 0.2) is 18.2 Å². The average molecular weight is 250 g/mol. The molecular formula is C15H23FN2. The van der Waals surface area contributed by atoms with Crippen LogP contribution in [0.5, 0.6) is 0 Å². The summed E-state index contributed by atoms with van der Waals surface area (Å²) in [4.78, 5) is 2.22. The second-order valence-corrected chi connectivity index (χ2v) is 5.05. The molecule has 0 unspecified atom stereocenters. The van der Waals surface area contributed by atoms with Crippen molar-refractivity contribution < 1.29 is 4.39 Å². The van der Waals surface area contributed by atoms with Crippen molar-refractivity contribution in [3.8, 4) is 0 Å². The van der Waals surface area contributed by atoms with Gasteiger partial charge in [-0.25, -0.2) is 4.39 Å². The quantitative estimate of drug-likeness (QED) is 0.870. The van der Waals surface area contributed by atoms with E-state index >= 15 is 0 Å². The molecule has 0 radical (unpaired) electrons.